The number of aliphatic hydroxyl groups excluding tert-OH is 1. The van der Waals surface area contributed by atoms with Gasteiger partial charge in [0.2, 0.25) is 0 Å². The average Bonchev–Trinajstić information content (AvgIpc) is 2.42. The molecule has 2 atom stereocenters. The minimum atomic E-state index is -0.505. The first-order valence-electron chi connectivity index (χ1n) is 6.37. The number of aliphatic hydroxyl groups is 1. The van der Waals surface area contributed by atoms with Crippen molar-refractivity contribution in [2.75, 3.05) is 33.5 Å². The lowest BCUT2D eigenvalue weighted by Crippen LogP contribution is -2.32. The van der Waals surface area contributed by atoms with Crippen molar-refractivity contribution in [1.29, 1.82) is 0 Å². The first kappa shape index (κ1) is 16.6. The molecule has 1 unspecified atom stereocenters. The summed E-state index contributed by atoms with van der Waals surface area (Å²) in [6.45, 7) is 3.96. The predicted octanol–water partition coefficient (Wildman–Crippen LogP) is 2.12. The fourth-order valence-electron chi connectivity index (χ4n) is 1.60. The summed E-state index contributed by atoms with van der Waals surface area (Å²) < 4.78 is 11.2. The van der Waals surface area contributed by atoms with Gasteiger partial charge in [-0.3, -0.25) is 0 Å². The van der Waals surface area contributed by atoms with Gasteiger partial charge in [-0.15, -0.1) is 0 Å². The van der Waals surface area contributed by atoms with Crippen LogP contribution in [0.3, 0.4) is 0 Å². The lowest BCUT2D eigenvalue weighted by molar-refractivity contribution is 0.0130. The summed E-state index contributed by atoms with van der Waals surface area (Å²) in [5.41, 5.74) is 1.19. The molecule has 0 saturated heterocycles. The van der Waals surface area contributed by atoms with Crippen molar-refractivity contribution in [3.05, 3.63) is 34.3 Å². The van der Waals surface area contributed by atoms with Gasteiger partial charge < -0.3 is 19.9 Å². The molecule has 0 amide bonds. The Kier molecular flexibility index (Phi) is 8.25. The van der Waals surface area contributed by atoms with Gasteiger partial charge in [0.25, 0.3) is 0 Å². The van der Waals surface area contributed by atoms with Gasteiger partial charge in [-0.05, 0) is 24.6 Å². The van der Waals surface area contributed by atoms with Gasteiger partial charge in [-0.2, -0.15) is 0 Å². The largest absolute Gasteiger partial charge is 0.389 e. The third-order valence-corrected chi connectivity index (χ3v) is 3.30. The van der Waals surface area contributed by atoms with Crippen LogP contribution in [0, 0.1) is 0 Å². The van der Waals surface area contributed by atoms with E-state index in [1.807, 2.05) is 12.1 Å². The second-order valence-electron chi connectivity index (χ2n) is 4.40. The fourth-order valence-corrected chi connectivity index (χ4v) is 1.87. The molecule has 0 bridgehead atoms. The minimum Gasteiger partial charge on any atom is -0.389 e. The lowest BCUT2D eigenvalue weighted by Gasteiger charge is -2.17. The van der Waals surface area contributed by atoms with Crippen molar-refractivity contribution in [3.63, 3.8) is 0 Å². The van der Waals surface area contributed by atoms with E-state index in [-0.39, 0.29) is 6.04 Å². The summed E-state index contributed by atoms with van der Waals surface area (Å²) in [6, 6.07) is 8.34. The molecule has 1 aromatic carbocycles. The molecule has 19 heavy (non-hydrogen) atoms. The van der Waals surface area contributed by atoms with Crippen molar-refractivity contribution in [3.8, 4) is 0 Å². The van der Waals surface area contributed by atoms with Crippen molar-refractivity contribution in [1.82, 2.24) is 5.32 Å². The second kappa shape index (κ2) is 9.44. The Labute approximate surface area is 123 Å². The van der Waals surface area contributed by atoms with Gasteiger partial charge in [-0.25, -0.2) is 0 Å². The van der Waals surface area contributed by atoms with Crippen LogP contribution in [0.15, 0.2) is 28.7 Å². The molecule has 0 aliphatic rings. The smallest absolute Gasteiger partial charge is 0.0897 e. The molecule has 1 rings (SSSR count). The van der Waals surface area contributed by atoms with Gasteiger partial charge in [0, 0.05) is 24.2 Å². The van der Waals surface area contributed by atoms with Crippen LogP contribution >= 0.6 is 15.9 Å². The van der Waals surface area contributed by atoms with Crippen molar-refractivity contribution < 1.29 is 14.6 Å². The number of hydrogen-bond donors (Lipinski definition) is 2. The topological polar surface area (TPSA) is 50.7 Å². The minimum absolute atomic E-state index is 0.196. The van der Waals surface area contributed by atoms with E-state index in [0.29, 0.717) is 26.4 Å². The molecule has 5 heteroatoms. The van der Waals surface area contributed by atoms with Crippen LogP contribution in [0.5, 0.6) is 0 Å². The number of nitrogens with one attached hydrogen (secondary N) is 1. The van der Waals surface area contributed by atoms with E-state index in [2.05, 4.69) is 40.3 Å². The predicted molar refractivity (Wildman–Crippen MR) is 79.3 cm³/mol. The van der Waals surface area contributed by atoms with Crippen LogP contribution in [-0.2, 0) is 9.47 Å². The SMILES string of the molecule is COCCOCC(O)CN[C@@H](C)c1ccc(Br)cc1. The van der Waals surface area contributed by atoms with E-state index in [1.54, 1.807) is 7.11 Å². The number of halogens is 1. The summed E-state index contributed by atoms with van der Waals surface area (Å²) in [4.78, 5) is 0. The Morgan fingerprint density at radius 3 is 2.58 bits per heavy atom. The highest BCUT2D eigenvalue weighted by Crippen LogP contribution is 2.16. The van der Waals surface area contributed by atoms with E-state index < -0.39 is 6.10 Å². The highest BCUT2D eigenvalue weighted by atomic mass is 79.9. The zero-order valence-corrected chi connectivity index (χ0v) is 13.0. The molecule has 0 heterocycles. The maximum absolute atomic E-state index is 9.75. The molecule has 4 nitrogen and oxygen atoms in total. The molecule has 0 aliphatic heterocycles. The van der Waals surface area contributed by atoms with Gasteiger partial charge >= 0.3 is 0 Å². The molecule has 1 aromatic rings. The Hall–Kier alpha value is -0.460. The standard InChI is InChI=1S/C14H22BrNO3/c1-11(12-3-5-13(15)6-4-12)16-9-14(17)10-19-8-7-18-2/h3-6,11,14,16-17H,7-10H2,1-2H3/t11-,14?/m0/s1. The second-order valence-corrected chi connectivity index (χ2v) is 5.32. The van der Waals surface area contributed by atoms with Crippen LogP contribution < -0.4 is 5.32 Å². The van der Waals surface area contributed by atoms with Crippen LogP contribution in [-0.4, -0.2) is 44.7 Å². The third-order valence-electron chi connectivity index (χ3n) is 2.77. The summed E-state index contributed by atoms with van der Waals surface area (Å²) in [5.74, 6) is 0. The molecule has 0 saturated carbocycles. The summed E-state index contributed by atoms with van der Waals surface area (Å²) >= 11 is 3.41. The fraction of sp³-hybridized carbons (Fsp3) is 0.571. The zero-order chi connectivity index (χ0) is 14.1. The molecular formula is C14H22BrNO3. The van der Waals surface area contributed by atoms with E-state index in [1.165, 1.54) is 5.56 Å². The van der Waals surface area contributed by atoms with Crippen LogP contribution in [0.4, 0.5) is 0 Å². The molecule has 0 spiro atoms. The van der Waals surface area contributed by atoms with E-state index in [9.17, 15) is 5.11 Å². The van der Waals surface area contributed by atoms with E-state index in [0.717, 1.165) is 4.47 Å². The number of rotatable bonds is 9. The molecular weight excluding hydrogens is 310 g/mol. The first-order valence-corrected chi connectivity index (χ1v) is 7.16. The molecule has 108 valence electrons. The Balaban J connectivity index is 2.22. The van der Waals surface area contributed by atoms with Gasteiger partial charge in [0.1, 0.15) is 0 Å². The van der Waals surface area contributed by atoms with Gasteiger partial charge in [-0.1, -0.05) is 28.1 Å². The van der Waals surface area contributed by atoms with E-state index in [4.69, 9.17) is 9.47 Å². The highest BCUT2D eigenvalue weighted by molar-refractivity contribution is 9.10. The number of ether oxygens (including phenoxy) is 2. The number of methoxy groups -OCH3 is 1. The quantitative estimate of drug-likeness (QED) is 0.680. The Bertz CT molecular complexity index is 345. The summed E-state index contributed by atoms with van der Waals surface area (Å²) in [7, 11) is 1.63. The zero-order valence-electron chi connectivity index (χ0n) is 11.4. The van der Waals surface area contributed by atoms with Crippen LogP contribution in [0.1, 0.15) is 18.5 Å². The monoisotopic (exact) mass is 331 g/mol. The summed E-state index contributed by atoms with van der Waals surface area (Å²) in [5, 5.41) is 13.0. The lowest BCUT2D eigenvalue weighted by atomic mass is 10.1. The van der Waals surface area contributed by atoms with Gasteiger partial charge in [0.15, 0.2) is 0 Å². The van der Waals surface area contributed by atoms with Gasteiger partial charge in [0.05, 0.1) is 25.9 Å². The molecule has 0 radical (unpaired) electrons. The number of hydrogen-bond acceptors (Lipinski definition) is 4. The maximum atomic E-state index is 9.75. The normalized spacial score (nSPS) is 14.3. The summed E-state index contributed by atoms with van der Waals surface area (Å²) in [6.07, 6.45) is -0.505. The Morgan fingerprint density at radius 1 is 1.26 bits per heavy atom. The van der Waals surface area contributed by atoms with Crippen molar-refractivity contribution in [2.24, 2.45) is 0 Å². The third kappa shape index (κ3) is 7.03. The Morgan fingerprint density at radius 2 is 1.95 bits per heavy atom. The highest BCUT2D eigenvalue weighted by Gasteiger charge is 2.08. The van der Waals surface area contributed by atoms with E-state index >= 15 is 0 Å². The molecule has 0 aromatic heterocycles. The van der Waals surface area contributed by atoms with Crippen LogP contribution in [0.25, 0.3) is 0 Å². The number of benzene rings is 1. The van der Waals surface area contributed by atoms with Crippen LogP contribution in [0.2, 0.25) is 0 Å². The maximum Gasteiger partial charge on any atom is 0.0897 e. The first-order chi connectivity index (χ1) is 9.13. The average molecular weight is 332 g/mol. The molecule has 2 N–H and O–H groups in total. The molecule has 0 aliphatic carbocycles. The van der Waals surface area contributed by atoms with Crippen molar-refractivity contribution in [2.45, 2.75) is 19.1 Å². The molecule has 0 fully saturated rings. The van der Waals surface area contributed by atoms with Crippen molar-refractivity contribution >= 4 is 15.9 Å².